The summed E-state index contributed by atoms with van der Waals surface area (Å²) in [4.78, 5) is 6.98. The molecule has 0 aromatic rings. The van der Waals surface area contributed by atoms with Crippen molar-refractivity contribution in [3.05, 3.63) is 11.8 Å². The van der Waals surface area contributed by atoms with Crippen LogP contribution in [-0.4, -0.2) is 68.6 Å². The largest absolute Gasteiger partial charge is 0.379 e. The van der Waals surface area contributed by atoms with Gasteiger partial charge in [-0.15, -0.1) is 0 Å². The Morgan fingerprint density at radius 3 is 2.06 bits per heavy atom. The standard InChI is InChI=1S/C13H29N3/c1-7-15(6)13(3)9-10-16(8-2)12-11-14(4)5/h9H,7-8,10-12H2,1-6H3/b13-9-. The Balaban J connectivity index is 4.02. The molecule has 0 unspecified atom stereocenters. The lowest BCUT2D eigenvalue weighted by Gasteiger charge is -2.23. The van der Waals surface area contributed by atoms with Crippen molar-refractivity contribution in [3.8, 4) is 0 Å². The first-order valence-corrected chi connectivity index (χ1v) is 6.26. The van der Waals surface area contributed by atoms with Crippen molar-refractivity contribution in [2.24, 2.45) is 0 Å². The first-order valence-electron chi connectivity index (χ1n) is 6.26. The molecule has 0 amide bonds. The van der Waals surface area contributed by atoms with Gasteiger partial charge in [0.25, 0.3) is 0 Å². The van der Waals surface area contributed by atoms with Crippen LogP contribution in [0.4, 0.5) is 0 Å². The molecule has 0 spiro atoms. The van der Waals surface area contributed by atoms with Crippen molar-refractivity contribution >= 4 is 0 Å². The van der Waals surface area contributed by atoms with E-state index in [1.807, 2.05) is 0 Å². The molecule has 96 valence electrons. The van der Waals surface area contributed by atoms with Crippen LogP contribution in [0.25, 0.3) is 0 Å². The highest BCUT2D eigenvalue weighted by molar-refractivity contribution is 4.97. The van der Waals surface area contributed by atoms with Crippen LogP contribution in [0.5, 0.6) is 0 Å². The molecular formula is C13H29N3. The minimum Gasteiger partial charge on any atom is -0.379 e. The molecule has 0 atom stereocenters. The second-order valence-corrected chi connectivity index (χ2v) is 4.56. The van der Waals surface area contributed by atoms with E-state index in [0.29, 0.717) is 0 Å². The first kappa shape index (κ1) is 15.5. The second-order valence-electron chi connectivity index (χ2n) is 4.56. The van der Waals surface area contributed by atoms with Gasteiger partial charge in [-0.3, -0.25) is 4.90 Å². The molecule has 0 radical (unpaired) electrons. The van der Waals surface area contributed by atoms with Crippen molar-refractivity contribution in [1.82, 2.24) is 14.7 Å². The zero-order valence-corrected chi connectivity index (χ0v) is 12.0. The van der Waals surface area contributed by atoms with Crippen molar-refractivity contribution < 1.29 is 0 Å². The Morgan fingerprint density at radius 1 is 1.00 bits per heavy atom. The van der Waals surface area contributed by atoms with Crippen LogP contribution in [0.15, 0.2) is 11.8 Å². The molecule has 0 aliphatic carbocycles. The van der Waals surface area contributed by atoms with Crippen LogP contribution in [0, 0.1) is 0 Å². The van der Waals surface area contributed by atoms with Crippen LogP contribution in [-0.2, 0) is 0 Å². The lowest BCUT2D eigenvalue weighted by molar-refractivity contribution is 0.270. The van der Waals surface area contributed by atoms with Gasteiger partial charge in [0.05, 0.1) is 0 Å². The molecule has 3 nitrogen and oxygen atoms in total. The van der Waals surface area contributed by atoms with E-state index in [-0.39, 0.29) is 0 Å². The normalized spacial score (nSPS) is 12.6. The molecule has 16 heavy (non-hydrogen) atoms. The van der Waals surface area contributed by atoms with Gasteiger partial charge >= 0.3 is 0 Å². The van der Waals surface area contributed by atoms with E-state index in [9.17, 15) is 0 Å². The number of allylic oxidation sites excluding steroid dienone is 1. The van der Waals surface area contributed by atoms with Gasteiger partial charge in [-0.1, -0.05) is 13.0 Å². The van der Waals surface area contributed by atoms with Crippen molar-refractivity contribution in [2.75, 3.05) is 53.9 Å². The number of likely N-dealkylation sites (N-methyl/N-ethyl adjacent to an activating group) is 2. The van der Waals surface area contributed by atoms with Gasteiger partial charge in [0, 0.05) is 38.9 Å². The van der Waals surface area contributed by atoms with E-state index in [0.717, 1.165) is 32.7 Å². The number of hydrogen-bond acceptors (Lipinski definition) is 3. The fourth-order valence-electron chi connectivity index (χ4n) is 1.39. The maximum absolute atomic E-state index is 2.47. The highest BCUT2D eigenvalue weighted by Crippen LogP contribution is 2.00. The van der Waals surface area contributed by atoms with Crippen molar-refractivity contribution in [1.29, 1.82) is 0 Å². The molecule has 0 heterocycles. The fraction of sp³-hybridized carbons (Fsp3) is 0.846. The van der Waals surface area contributed by atoms with Crippen LogP contribution in [0.2, 0.25) is 0 Å². The summed E-state index contributed by atoms with van der Waals surface area (Å²) in [5.41, 5.74) is 1.37. The Bertz CT molecular complexity index is 199. The summed E-state index contributed by atoms with van der Waals surface area (Å²) >= 11 is 0. The van der Waals surface area contributed by atoms with E-state index in [4.69, 9.17) is 0 Å². The zero-order chi connectivity index (χ0) is 12.6. The Kier molecular flexibility index (Phi) is 8.30. The maximum Gasteiger partial charge on any atom is 0.0183 e. The molecule has 0 rings (SSSR count). The third-order valence-corrected chi connectivity index (χ3v) is 3.03. The number of hydrogen-bond donors (Lipinski definition) is 0. The Hall–Kier alpha value is -0.540. The van der Waals surface area contributed by atoms with E-state index in [2.05, 4.69) is 62.7 Å². The molecule has 0 N–H and O–H groups in total. The fourth-order valence-corrected chi connectivity index (χ4v) is 1.39. The summed E-state index contributed by atoms with van der Waals surface area (Å²) in [7, 11) is 6.39. The summed E-state index contributed by atoms with van der Waals surface area (Å²) in [5.74, 6) is 0. The monoisotopic (exact) mass is 227 g/mol. The van der Waals surface area contributed by atoms with Crippen molar-refractivity contribution in [3.63, 3.8) is 0 Å². The second kappa shape index (κ2) is 8.59. The Morgan fingerprint density at radius 2 is 1.62 bits per heavy atom. The quantitative estimate of drug-likeness (QED) is 0.625. The SMILES string of the molecule is CCN(C/C=C(/C)N(C)CC)CCN(C)C. The molecular weight excluding hydrogens is 198 g/mol. The van der Waals surface area contributed by atoms with Gasteiger partial charge in [0.1, 0.15) is 0 Å². The van der Waals surface area contributed by atoms with Crippen LogP contribution < -0.4 is 0 Å². The summed E-state index contributed by atoms with van der Waals surface area (Å²) in [6.07, 6.45) is 2.32. The van der Waals surface area contributed by atoms with Gasteiger partial charge < -0.3 is 9.80 Å². The third-order valence-electron chi connectivity index (χ3n) is 3.03. The molecule has 0 fully saturated rings. The Labute approximate surface area is 102 Å². The highest BCUT2D eigenvalue weighted by atomic mass is 15.2. The molecule has 0 aliphatic rings. The summed E-state index contributed by atoms with van der Waals surface area (Å²) in [6, 6.07) is 0. The third kappa shape index (κ3) is 6.85. The van der Waals surface area contributed by atoms with Gasteiger partial charge in [-0.25, -0.2) is 0 Å². The lowest BCUT2D eigenvalue weighted by atomic mass is 10.3. The van der Waals surface area contributed by atoms with Crippen molar-refractivity contribution in [2.45, 2.75) is 20.8 Å². The summed E-state index contributed by atoms with van der Waals surface area (Å²) in [5, 5.41) is 0. The van der Waals surface area contributed by atoms with Crippen LogP contribution in [0.3, 0.4) is 0 Å². The van der Waals surface area contributed by atoms with E-state index >= 15 is 0 Å². The average molecular weight is 227 g/mol. The molecule has 0 bridgehead atoms. The van der Waals surface area contributed by atoms with Gasteiger partial charge in [-0.05, 0) is 34.5 Å². The molecule has 3 heteroatoms. The average Bonchev–Trinajstić information content (AvgIpc) is 2.27. The summed E-state index contributed by atoms with van der Waals surface area (Å²) < 4.78 is 0. The predicted octanol–water partition coefficient (Wildman–Crippen LogP) is 1.73. The van der Waals surface area contributed by atoms with E-state index in [1.54, 1.807) is 0 Å². The van der Waals surface area contributed by atoms with E-state index in [1.165, 1.54) is 5.70 Å². The minimum absolute atomic E-state index is 1.06. The van der Waals surface area contributed by atoms with Crippen LogP contribution in [0.1, 0.15) is 20.8 Å². The zero-order valence-electron chi connectivity index (χ0n) is 12.0. The first-order chi connectivity index (χ1) is 7.51. The smallest absolute Gasteiger partial charge is 0.0183 e. The van der Waals surface area contributed by atoms with Gasteiger partial charge in [0.15, 0.2) is 0 Å². The molecule has 0 saturated carbocycles. The number of rotatable bonds is 8. The molecule has 0 aromatic heterocycles. The summed E-state index contributed by atoms with van der Waals surface area (Å²) in [6.45, 7) is 12.1. The van der Waals surface area contributed by atoms with Gasteiger partial charge in [-0.2, -0.15) is 0 Å². The molecule has 0 saturated heterocycles. The molecule has 0 aliphatic heterocycles. The van der Waals surface area contributed by atoms with Gasteiger partial charge in [0.2, 0.25) is 0 Å². The van der Waals surface area contributed by atoms with Crippen LogP contribution >= 0.6 is 0 Å². The predicted molar refractivity (Wildman–Crippen MR) is 72.7 cm³/mol. The lowest BCUT2D eigenvalue weighted by Crippen LogP contribution is -2.32. The number of nitrogens with zero attached hydrogens (tertiary/aromatic N) is 3. The maximum atomic E-state index is 2.47. The van der Waals surface area contributed by atoms with E-state index < -0.39 is 0 Å². The topological polar surface area (TPSA) is 9.72 Å². The molecule has 0 aromatic carbocycles. The highest BCUT2D eigenvalue weighted by Gasteiger charge is 2.02. The minimum atomic E-state index is 1.06.